The summed E-state index contributed by atoms with van der Waals surface area (Å²) in [4.78, 5) is 39.9. The van der Waals surface area contributed by atoms with Crippen molar-refractivity contribution in [2.24, 2.45) is 56.7 Å². The van der Waals surface area contributed by atoms with Crippen LogP contribution in [0.1, 0.15) is 140 Å². The Balaban J connectivity index is 1.24. The van der Waals surface area contributed by atoms with Crippen LogP contribution in [0.25, 0.3) is 0 Å². The molecule has 0 aromatic rings. The van der Waals surface area contributed by atoms with Gasteiger partial charge in [0.25, 0.3) is 0 Å². The number of hydrogen-bond donors (Lipinski definition) is 3. The molecule has 0 spiro atoms. The van der Waals surface area contributed by atoms with Crippen LogP contribution in [0.3, 0.4) is 0 Å². The minimum Gasteiger partial charge on any atom is -0.481 e. The number of carboxylic acid groups (broad SMARTS) is 1. The molecule has 5 saturated carbocycles. The Morgan fingerprint density at radius 1 is 0.914 bits per heavy atom. The highest BCUT2D eigenvalue weighted by atomic mass is 32.2. The molecular weight excluding hydrogens is 755 g/mol. The van der Waals surface area contributed by atoms with Gasteiger partial charge in [-0.25, -0.2) is 13.2 Å². The average molecular weight is 832 g/mol. The Hall–Kier alpha value is -2.18. The summed E-state index contributed by atoms with van der Waals surface area (Å²) in [5.41, 5.74) is 0.180. The van der Waals surface area contributed by atoms with Crippen molar-refractivity contribution in [2.75, 3.05) is 37.7 Å². The van der Waals surface area contributed by atoms with Gasteiger partial charge in [0.15, 0.2) is 9.84 Å². The summed E-state index contributed by atoms with van der Waals surface area (Å²) in [6.45, 7) is 28.1. The monoisotopic (exact) mass is 832 g/mol. The molecule has 2 unspecified atom stereocenters. The smallest absolute Gasteiger partial charge is 0.407 e. The van der Waals surface area contributed by atoms with Gasteiger partial charge in [-0.1, -0.05) is 46.8 Å². The number of sulfone groups is 1. The lowest BCUT2D eigenvalue weighted by Gasteiger charge is -2.73. The van der Waals surface area contributed by atoms with Gasteiger partial charge in [-0.2, -0.15) is 0 Å². The van der Waals surface area contributed by atoms with E-state index in [9.17, 15) is 27.9 Å². The maximum atomic E-state index is 13.2. The van der Waals surface area contributed by atoms with Crippen LogP contribution < -0.4 is 10.6 Å². The summed E-state index contributed by atoms with van der Waals surface area (Å²) < 4.78 is 36.4. The van der Waals surface area contributed by atoms with E-state index in [0.717, 1.165) is 51.4 Å². The van der Waals surface area contributed by atoms with E-state index in [1.165, 1.54) is 18.4 Å². The number of fused-ring (bicyclic) bond motifs is 7. The van der Waals surface area contributed by atoms with E-state index in [4.69, 9.17) is 9.47 Å². The molecule has 1 amide bonds. The van der Waals surface area contributed by atoms with E-state index in [2.05, 4.69) is 63.7 Å². The van der Waals surface area contributed by atoms with Gasteiger partial charge < -0.3 is 25.2 Å². The highest BCUT2D eigenvalue weighted by Gasteiger charge is 2.71. The summed E-state index contributed by atoms with van der Waals surface area (Å²) in [5.74, 6) is 1.19. The number of alkyl carbamates (subject to hydrolysis) is 1. The van der Waals surface area contributed by atoms with Crippen LogP contribution in [-0.4, -0.2) is 97.9 Å². The predicted molar refractivity (Wildman–Crippen MR) is 227 cm³/mol. The first kappa shape index (κ1) is 45.3. The van der Waals surface area contributed by atoms with E-state index in [1.54, 1.807) is 20.8 Å². The molecule has 12 heteroatoms. The molecule has 6 aliphatic rings. The lowest BCUT2D eigenvalue weighted by molar-refractivity contribution is -0.246. The van der Waals surface area contributed by atoms with Crippen molar-refractivity contribution in [1.82, 2.24) is 15.5 Å². The van der Waals surface area contributed by atoms with Crippen LogP contribution in [0.2, 0.25) is 0 Å². The first-order valence-corrected chi connectivity index (χ1v) is 24.4. The molecule has 6 rings (SSSR count). The van der Waals surface area contributed by atoms with Crippen molar-refractivity contribution in [1.29, 1.82) is 0 Å². The minimum absolute atomic E-state index is 0.0685. The predicted octanol–water partition coefficient (Wildman–Crippen LogP) is 7.63. The van der Waals surface area contributed by atoms with E-state index in [0.29, 0.717) is 55.8 Å². The van der Waals surface area contributed by atoms with Gasteiger partial charge in [0.05, 0.1) is 29.9 Å². The molecule has 11 nitrogen and oxygen atoms in total. The molecule has 6 fully saturated rings. The molecule has 1 heterocycles. The zero-order chi connectivity index (χ0) is 42.9. The SMILES string of the molecule is C=C(C)[C@@H]1CC[C@]2(NCC(C(C)NC(=O)OCC)N3CCS(=O)(=O)CC3)CC[C@]3(C)[C@H](CC[C@@H]4[C@@]5(C)CC[C@H](OC(=O)CC(C)(C)C(=O)O)C(C)(C)[C@@H]5CC[C@]43C)[C@@H]12. The Morgan fingerprint density at radius 2 is 1.59 bits per heavy atom. The summed E-state index contributed by atoms with van der Waals surface area (Å²) in [6.07, 6.45) is 9.99. The standard InChI is InChI=1S/C46H77N3O8S/c1-12-56-40(53)48-30(4)33(49-23-25-58(54,55)26-24-49)28-47-46-20-15-31(29(2)3)38(46)32-13-14-35-43(9)18-17-36(57-37(50)27-41(5,6)39(51)52)42(7,8)34(43)16-19-45(35,11)44(32,10)21-22-46/h30-36,38,47H,2,12-28H2,1,3-11H3,(H,48,53)(H,51,52)/t30?,31-,32+,33?,34-,35+,36-,38+,43-,44+,45+,46-/m0/s1. The van der Waals surface area contributed by atoms with Crippen LogP contribution in [0, 0.1) is 56.7 Å². The Bertz CT molecular complexity index is 1700. The zero-order valence-electron chi connectivity index (χ0n) is 37.5. The second-order valence-corrected chi connectivity index (χ2v) is 24.1. The Labute approximate surface area is 349 Å². The van der Waals surface area contributed by atoms with Crippen molar-refractivity contribution in [3.05, 3.63) is 12.2 Å². The third-order valence-electron chi connectivity index (χ3n) is 18.2. The number of nitrogens with zero attached hydrogens (tertiary/aromatic N) is 1. The lowest BCUT2D eigenvalue weighted by Crippen LogP contribution is -2.69. The number of carbonyl (C=O) groups excluding carboxylic acids is 2. The van der Waals surface area contributed by atoms with Crippen LogP contribution in [0.4, 0.5) is 4.79 Å². The number of aliphatic carboxylic acids is 1. The van der Waals surface area contributed by atoms with Gasteiger partial charge in [-0.3, -0.25) is 14.5 Å². The zero-order valence-corrected chi connectivity index (χ0v) is 38.3. The van der Waals surface area contributed by atoms with Crippen LogP contribution in [-0.2, 0) is 28.9 Å². The highest BCUT2D eigenvalue weighted by Crippen LogP contribution is 2.76. The fraction of sp³-hybridized carbons (Fsp3) is 0.891. The Kier molecular flexibility index (Phi) is 12.5. The number of esters is 1. The molecule has 1 aliphatic heterocycles. The van der Waals surface area contributed by atoms with Gasteiger partial charge in [-0.15, -0.1) is 0 Å². The molecule has 58 heavy (non-hydrogen) atoms. The molecule has 0 aromatic carbocycles. The molecule has 0 radical (unpaired) electrons. The van der Waals surface area contributed by atoms with Gasteiger partial charge in [-0.05, 0) is 145 Å². The fourth-order valence-corrected chi connectivity index (χ4v) is 15.9. The third-order valence-corrected chi connectivity index (χ3v) is 19.8. The lowest BCUT2D eigenvalue weighted by atomic mass is 9.32. The number of rotatable bonds is 12. The summed E-state index contributed by atoms with van der Waals surface area (Å²) >= 11 is 0. The molecule has 5 aliphatic carbocycles. The molecule has 0 bridgehead atoms. The number of nitrogens with one attached hydrogen (secondary N) is 2. The minimum atomic E-state index is -3.07. The normalized spacial score (nSPS) is 40.4. The van der Waals surface area contributed by atoms with E-state index in [1.807, 2.05) is 6.92 Å². The largest absolute Gasteiger partial charge is 0.481 e. The van der Waals surface area contributed by atoms with Crippen molar-refractivity contribution in [2.45, 2.75) is 164 Å². The molecular formula is C46H77N3O8S. The van der Waals surface area contributed by atoms with Crippen LogP contribution in [0.5, 0.6) is 0 Å². The van der Waals surface area contributed by atoms with Gasteiger partial charge in [0, 0.05) is 42.7 Å². The number of ether oxygens (including phenoxy) is 2. The maximum Gasteiger partial charge on any atom is 0.407 e. The molecule has 3 N–H and O–H groups in total. The second kappa shape index (κ2) is 15.9. The number of carboxylic acids is 1. The van der Waals surface area contributed by atoms with Gasteiger partial charge in [0.2, 0.25) is 0 Å². The average Bonchev–Trinajstić information content (AvgIpc) is 3.50. The fourth-order valence-electron chi connectivity index (χ4n) is 14.7. The van der Waals surface area contributed by atoms with Crippen LogP contribution in [0.15, 0.2) is 12.2 Å². The number of carbonyl (C=O) groups is 3. The van der Waals surface area contributed by atoms with Crippen molar-refractivity contribution in [3.8, 4) is 0 Å². The van der Waals surface area contributed by atoms with Crippen molar-refractivity contribution < 1.29 is 37.4 Å². The second-order valence-electron chi connectivity index (χ2n) is 21.8. The van der Waals surface area contributed by atoms with E-state index >= 15 is 0 Å². The summed E-state index contributed by atoms with van der Waals surface area (Å²) in [5, 5.41) is 16.9. The highest BCUT2D eigenvalue weighted by molar-refractivity contribution is 7.91. The number of allylic oxidation sites excluding steroid dienone is 1. The quantitative estimate of drug-likeness (QED) is 0.132. The van der Waals surface area contributed by atoms with Gasteiger partial charge in [0.1, 0.15) is 6.10 Å². The molecule has 330 valence electrons. The molecule has 0 aromatic heterocycles. The van der Waals surface area contributed by atoms with E-state index in [-0.39, 0.29) is 63.3 Å². The van der Waals surface area contributed by atoms with Crippen molar-refractivity contribution in [3.63, 3.8) is 0 Å². The van der Waals surface area contributed by atoms with E-state index < -0.39 is 33.3 Å². The molecule has 1 saturated heterocycles. The topological polar surface area (TPSA) is 151 Å². The number of amides is 1. The van der Waals surface area contributed by atoms with Crippen LogP contribution >= 0.6 is 0 Å². The van der Waals surface area contributed by atoms with Crippen molar-refractivity contribution >= 4 is 27.9 Å². The maximum absolute atomic E-state index is 13.2. The summed E-state index contributed by atoms with van der Waals surface area (Å²) in [7, 11) is -3.07. The Morgan fingerprint density at radius 3 is 2.21 bits per heavy atom. The molecule has 12 atom stereocenters. The third kappa shape index (κ3) is 7.79. The van der Waals surface area contributed by atoms with Gasteiger partial charge >= 0.3 is 18.0 Å². The first-order chi connectivity index (χ1) is 26.9. The summed E-state index contributed by atoms with van der Waals surface area (Å²) in [6, 6.07) is -0.323. The first-order valence-electron chi connectivity index (χ1n) is 22.6. The number of hydrogen-bond acceptors (Lipinski definition) is 9.